The number of rotatable bonds is 3. The van der Waals surface area contributed by atoms with Gasteiger partial charge in [0.05, 0.1) is 6.33 Å². The Morgan fingerprint density at radius 3 is 3.00 bits per heavy atom. The van der Waals surface area contributed by atoms with Gasteiger partial charge in [-0.05, 0) is 17.7 Å². The Morgan fingerprint density at radius 2 is 2.29 bits per heavy atom. The molecule has 1 aromatic heterocycles. The van der Waals surface area contributed by atoms with E-state index in [1.165, 1.54) is 0 Å². The van der Waals surface area contributed by atoms with Gasteiger partial charge in [-0.3, -0.25) is 4.79 Å². The number of hydrogen-bond acceptors (Lipinski definition) is 4. The Hall–Kier alpha value is -2.01. The fourth-order valence-corrected chi connectivity index (χ4v) is 1.60. The number of benzene rings is 1. The molecule has 0 unspecified atom stereocenters. The topological polar surface area (TPSA) is 78.0 Å². The second-order valence-corrected chi connectivity index (χ2v) is 3.85. The number of nitrogens with zero attached hydrogens (tertiary/aromatic N) is 1. The van der Waals surface area contributed by atoms with Crippen LogP contribution in [-0.2, 0) is 6.54 Å². The standard InChI is InChI=1S/C11H10ClN3O2/c12-8-3-1-2-7(4-8)5-13-9-10(16)14-6-15-11(9)17/h1-4,6,13H,5H2,(H2,14,15,16,17). The summed E-state index contributed by atoms with van der Waals surface area (Å²) in [5, 5.41) is 12.8. The van der Waals surface area contributed by atoms with Crippen molar-refractivity contribution in [1.29, 1.82) is 0 Å². The number of anilines is 1. The zero-order valence-corrected chi connectivity index (χ0v) is 9.53. The van der Waals surface area contributed by atoms with Crippen LogP contribution >= 0.6 is 11.6 Å². The lowest BCUT2D eigenvalue weighted by Crippen LogP contribution is -2.14. The number of aromatic amines is 1. The van der Waals surface area contributed by atoms with Crippen LogP contribution < -0.4 is 10.9 Å². The summed E-state index contributed by atoms with van der Waals surface area (Å²) < 4.78 is 0. The van der Waals surface area contributed by atoms with Crippen molar-refractivity contribution in [2.75, 3.05) is 5.32 Å². The number of H-pyrrole nitrogens is 1. The van der Waals surface area contributed by atoms with Crippen molar-refractivity contribution in [2.45, 2.75) is 6.54 Å². The Balaban J connectivity index is 2.15. The highest BCUT2D eigenvalue weighted by molar-refractivity contribution is 6.30. The summed E-state index contributed by atoms with van der Waals surface area (Å²) in [6.45, 7) is 0.378. The first-order valence-electron chi connectivity index (χ1n) is 4.92. The molecule has 0 spiro atoms. The third kappa shape index (κ3) is 2.76. The SMILES string of the molecule is O=c1[nH]cnc(O)c1NCc1cccc(Cl)c1. The van der Waals surface area contributed by atoms with Crippen LogP contribution in [0.25, 0.3) is 0 Å². The van der Waals surface area contributed by atoms with Crippen molar-refractivity contribution in [1.82, 2.24) is 9.97 Å². The Bertz CT molecular complexity index is 583. The molecule has 1 aromatic carbocycles. The molecule has 5 nitrogen and oxygen atoms in total. The monoisotopic (exact) mass is 251 g/mol. The molecule has 0 bridgehead atoms. The predicted octanol–water partition coefficient (Wildman–Crippen LogP) is 1.74. The van der Waals surface area contributed by atoms with Crippen molar-refractivity contribution < 1.29 is 5.11 Å². The summed E-state index contributed by atoms with van der Waals surface area (Å²) in [5.41, 5.74) is 0.534. The normalized spacial score (nSPS) is 10.2. The number of aromatic hydroxyl groups is 1. The largest absolute Gasteiger partial charge is 0.492 e. The van der Waals surface area contributed by atoms with E-state index in [9.17, 15) is 9.90 Å². The van der Waals surface area contributed by atoms with Gasteiger partial charge in [0.15, 0.2) is 5.69 Å². The van der Waals surface area contributed by atoms with E-state index in [2.05, 4.69) is 15.3 Å². The van der Waals surface area contributed by atoms with E-state index in [-0.39, 0.29) is 11.6 Å². The van der Waals surface area contributed by atoms with Gasteiger partial charge in [-0.2, -0.15) is 0 Å². The molecule has 0 saturated heterocycles. The number of hydrogen-bond donors (Lipinski definition) is 3. The molecule has 3 N–H and O–H groups in total. The lowest BCUT2D eigenvalue weighted by atomic mass is 10.2. The molecule has 0 saturated carbocycles. The van der Waals surface area contributed by atoms with Gasteiger partial charge in [0.1, 0.15) is 0 Å². The van der Waals surface area contributed by atoms with E-state index >= 15 is 0 Å². The minimum Gasteiger partial charge on any atom is -0.492 e. The van der Waals surface area contributed by atoms with E-state index in [1.807, 2.05) is 12.1 Å². The van der Waals surface area contributed by atoms with Crippen LogP contribution in [-0.4, -0.2) is 15.1 Å². The van der Waals surface area contributed by atoms with Gasteiger partial charge >= 0.3 is 0 Å². The molecule has 0 atom stereocenters. The van der Waals surface area contributed by atoms with Crippen LogP contribution in [0.15, 0.2) is 35.4 Å². The molecule has 2 aromatic rings. The van der Waals surface area contributed by atoms with Crippen LogP contribution in [0.2, 0.25) is 5.02 Å². The lowest BCUT2D eigenvalue weighted by molar-refractivity contribution is 0.453. The first kappa shape index (κ1) is 11.5. The van der Waals surface area contributed by atoms with Crippen molar-refractivity contribution in [3.05, 3.63) is 51.5 Å². The second kappa shape index (κ2) is 4.88. The predicted molar refractivity (Wildman–Crippen MR) is 65.3 cm³/mol. The van der Waals surface area contributed by atoms with E-state index in [0.717, 1.165) is 11.9 Å². The number of nitrogens with one attached hydrogen (secondary N) is 2. The molecule has 88 valence electrons. The smallest absolute Gasteiger partial charge is 0.278 e. The molecule has 0 radical (unpaired) electrons. The second-order valence-electron chi connectivity index (χ2n) is 3.41. The highest BCUT2D eigenvalue weighted by Crippen LogP contribution is 2.15. The average molecular weight is 252 g/mol. The minimum absolute atomic E-state index is 0.0486. The van der Waals surface area contributed by atoms with Crippen LogP contribution in [0.1, 0.15) is 5.56 Å². The lowest BCUT2D eigenvalue weighted by Gasteiger charge is -2.06. The highest BCUT2D eigenvalue weighted by atomic mass is 35.5. The minimum atomic E-state index is -0.417. The number of halogens is 1. The quantitative estimate of drug-likeness (QED) is 0.777. The number of aromatic nitrogens is 2. The maximum absolute atomic E-state index is 11.4. The summed E-state index contributed by atoms with van der Waals surface area (Å²) in [6, 6.07) is 7.21. The van der Waals surface area contributed by atoms with Crippen molar-refractivity contribution in [3.8, 4) is 5.88 Å². The van der Waals surface area contributed by atoms with Gasteiger partial charge in [-0.1, -0.05) is 23.7 Å². The molecule has 0 fully saturated rings. The van der Waals surface area contributed by atoms with Gasteiger partial charge in [0.25, 0.3) is 5.56 Å². The Kier molecular flexibility index (Phi) is 3.30. The Morgan fingerprint density at radius 1 is 1.47 bits per heavy atom. The summed E-state index contributed by atoms with van der Waals surface area (Å²) in [7, 11) is 0. The molecule has 0 amide bonds. The zero-order valence-electron chi connectivity index (χ0n) is 8.77. The molecule has 1 heterocycles. The third-order valence-corrected chi connectivity index (χ3v) is 2.43. The van der Waals surface area contributed by atoms with Crippen molar-refractivity contribution in [3.63, 3.8) is 0 Å². The van der Waals surface area contributed by atoms with Gasteiger partial charge in [-0.25, -0.2) is 4.98 Å². The first-order chi connectivity index (χ1) is 8.16. The average Bonchev–Trinajstić information content (AvgIpc) is 2.28. The van der Waals surface area contributed by atoms with Gasteiger partial charge in [-0.15, -0.1) is 0 Å². The first-order valence-corrected chi connectivity index (χ1v) is 5.29. The fraction of sp³-hybridized carbons (Fsp3) is 0.0909. The van der Waals surface area contributed by atoms with E-state index in [0.29, 0.717) is 11.6 Å². The van der Waals surface area contributed by atoms with E-state index < -0.39 is 5.56 Å². The molecule has 17 heavy (non-hydrogen) atoms. The van der Waals surface area contributed by atoms with Crippen LogP contribution in [0.5, 0.6) is 5.88 Å². The van der Waals surface area contributed by atoms with Crippen LogP contribution in [0.3, 0.4) is 0 Å². The molecule has 0 aliphatic carbocycles. The molecule has 0 aliphatic rings. The summed E-state index contributed by atoms with van der Waals surface area (Å²) >= 11 is 5.83. The third-order valence-electron chi connectivity index (χ3n) is 2.19. The summed E-state index contributed by atoms with van der Waals surface area (Å²) in [5.74, 6) is -0.323. The molecule has 6 heteroatoms. The maximum Gasteiger partial charge on any atom is 0.278 e. The van der Waals surface area contributed by atoms with Crippen molar-refractivity contribution in [2.24, 2.45) is 0 Å². The highest BCUT2D eigenvalue weighted by Gasteiger charge is 2.06. The summed E-state index contributed by atoms with van der Waals surface area (Å²) in [4.78, 5) is 17.3. The fourth-order valence-electron chi connectivity index (χ4n) is 1.39. The molecule has 2 rings (SSSR count). The zero-order chi connectivity index (χ0) is 12.3. The van der Waals surface area contributed by atoms with Gasteiger partial charge < -0.3 is 15.4 Å². The summed E-state index contributed by atoms with van der Waals surface area (Å²) in [6.07, 6.45) is 1.14. The van der Waals surface area contributed by atoms with Crippen LogP contribution in [0.4, 0.5) is 5.69 Å². The van der Waals surface area contributed by atoms with Gasteiger partial charge in [0.2, 0.25) is 5.88 Å². The van der Waals surface area contributed by atoms with Crippen molar-refractivity contribution >= 4 is 17.3 Å². The van der Waals surface area contributed by atoms with Crippen LogP contribution in [0, 0.1) is 0 Å². The molecule has 0 aliphatic heterocycles. The van der Waals surface area contributed by atoms with E-state index in [1.54, 1.807) is 12.1 Å². The maximum atomic E-state index is 11.4. The van der Waals surface area contributed by atoms with E-state index in [4.69, 9.17) is 11.6 Å². The Labute approximate surface area is 102 Å². The molecular weight excluding hydrogens is 242 g/mol. The van der Waals surface area contributed by atoms with Gasteiger partial charge in [0, 0.05) is 11.6 Å². The molecular formula is C11H10ClN3O2.